The number of carbonyl (C=O) groups excluding carboxylic acids is 3. The molecule has 6 aromatic carbocycles. The summed E-state index contributed by atoms with van der Waals surface area (Å²) in [5.41, 5.74) is 7.44. The van der Waals surface area contributed by atoms with Gasteiger partial charge in [-0.15, -0.1) is 11.3 Å². The van der Waals surface area contributed by atoms with Crippen molar-refractivity contribution in [1.29, 1.82) is 0 Å². The molecule has 8 rings (SSSR count). The van der Waals surface area contributed by atoms with Crippen molar-refractivity contribution in [2.45, 2.75) is 91.3 Å². The maximum Gasteiger partial charge on any atom is 0.407 e. The van der Waals surface area contributed by atoms with Crippen molar-refractivity contribution in [3.8, 4) is 56.4 Å². The standard InChI is InChI=1S/C61H69N3O10S/c1-8-27-68-44-31-42(32-45(37-44)69-28-13-24-62-57(65)72-39-54-50-18-11-9-16-48(50)49-17-10-12-19-51(49)54)40-20-22-55-52(35-40)53-36-41(21-23-56(53)75-55)43-33-46(70-29-14-25-63-58(66)73-60(2,3)4)38-47(34-43)71-30-15-26-64-59(67)74-61(5,6)7/h9-12,16-23,31-38,54H,8,13-15,24-30,39H2,1-7H3,(H,62,65)(H,63,66)(H,64,67). The van der Waals surface area contributed by atoms with Crippen molar-refractivity contribution >= 4 is 49.8 Å². The van der Waals surface area contributed by atoms with E-state index in [0.717, 1.165) is 54.6 Å². The van der Waals surface area contributed by atoms with Crippen LogP contribution in [0, 0.1) is 0 Å². The average molecular weight is 1040 g/mol. The van der Waals surface area contributed by atoms with Crippen molar-refractivity contribution in [3.63, 3.8) is 0 Å². The fraction of sp³-hybridized carbons (Fsp3) is 0.361. The molecule has 0 saturated carbocycles. The Labute approximate surface area is 444 Å². The molecule has 1 aliphatic rings. The summed E-state index contributed by atoms with van der Waals surface area (Å²) in [6, 6.07) is 41.5. The summed E-state index contributed by atoms with van der Waals surface area (Å²) in [5.74, 6) is 2.64. The number of fused-ring (bicyclic) bond motifs is 6. The summed E-state index contributed by atoms with van der Waals surface area (Å²) < 4.78 is 43.8. The van der Waals surface area contributed by atoms with E-state index in [-0.39, 0.29) is 12.5 Å². The molecule has 1 aromatic heterocycles. The van der Waals surface area contributed by atoms with Gasteiger partial charge in [0.25, 0.3) is 0 Å². The summed E-state index contributed by atoms with van der Waals surface area (Å²) in [4.78, 5) is 37.2. The van der Waals surface area contributed by atoms with E-state index in [4.69, 9.17) is 33.2 Å². The second kappa shape index (κ2) is 24.7. The summed E-state index contributed by atoms with van der Waals surface area (Å²) in [7, 11) is 0. The molecule has 394 valence electrons. The Hall–Kier alpha value is -7.45. The third-order valence-corrected chi connectivity index (χ3v) is 13.2. The number of carbonyl (C=O) groups is 3. The number of hydrogen-bond acceptors (Lipinski definition) is 11. The minimum Gasteiger partial charge on any atom is -0.493 e. The molecule has 13 nitrogen and oxygen atoms in total. The highest BCUT2D eigenvalue weighted by Gasteiger charge is 2.29. The van der Waals surface area contributed by atoms with Crippen molar-refractivity contribution in [1.82, 2.24) is 16.0 Å². The van der Waals surface area contributed by atoms with Crippen molar-refractivity contribution in [2.24, 2.45) is 0 Å². The maximum absolute atomic E-state index is 12.8. The number of amides is 3. The van der Waals surface area contributed by atoms with Gasteiger partial charge in [-0.05, 0) is 160 Å². The number of benzene rings is 6. The van der Waals surface area contributed by atoms with Gasteiger partial charge in [0.15, 0.2) is 0 Å². The van der Waals surface area contributed by atoms with E-state index in [1.165, 1.54) is 22.3 Å². The molecule has 0 bridgehead atoms. The van der Waals surface area contributed by atoms with Gasteiger partial charge in [-0.1, -0.05) is 67.6 Å². The van der Waals surface area contributed by atoms with Gasteiger partial charge < -0.3 is 49.1 Å². The molecular weight excluding hydrogens is 967 g/mol. The summed E-state index contributed by atoms with van der Waals surface area (Å²) in [6.07, 6.45) is 1.19. The van der Waals surface area contributed by atoms with E-state index in [0.29, 0.717) is 82.6 Å². The Kier molecular flexibility index (Phi) is 17.7. The van der Waals surface area contributed by atoms with Gasteiger partial charge >= 0.3 is 18.3 Å². The second-order valence-electron chi connectivity index (χ2n) is 20.5. The average Bonchev–Trinajstić information content (AvgIpc) is 3.92. The molecule has 1 heterocycles. The van der Waals surface area contributed by atoms with Gasteiger partial charge in [-0.25, -0.2) is 14.4 Å². The number of nitrogens with one attached hydrogen (secondary N) is 3. The van der Waals surface area contributed by atoms with E-state index < -0.39 is 29.5 Å². The number of ether oxygens (including phenoxy) is 7. The quantitative estimate of drug-likeness (QED) is 0.0442. The number of rotatable bonds is 22. The third kappa shape index (κ3) is 15.1. The minimum atomic E-state index is -0.584. The Morgan fingerprint density at radius 2 is 0.880 bits per heavy atom. The molecule has 0 unspecified atom stereocenters. The van der Waals surface area contributed by atoms with E-state index >= 15 is 0 Å². The van der Waals surface area contributed by atoms with Crippen LogP contribution >= 0.6 is 11.3 Å². The van der Waals surface area contributed by atoms with Gasteiger partial charge in [0.05, 0.1) is 26.4 Å². The van der Waals surface area contributed by atoms with E-state index in [1.54, 1.807) is 11.3 Å². The highest BCUT2D eigenvalue weighted by Crippen LogP contribution is 2.45. The third-order valence-electron chi connectivity index (χ3n) is 12.1. The van der Waals surface area contributed by atoms with Crippen LogP contribution in [0.5, 0.6) is 23.0 Å². The molecule has 0 radical (unpaired) electrons. The first-order valence-electron chi connectivity index (χ1n) is 25.9. The molecule has 0 atom stereocenters. The summed E-state index contributed by atoms with van der Waals surface area (Å²) in [5, 5.41) is 10.7. The fourth-order valence-corrected chi connectivity index (χ4v) is 9.87. The maximum atomic E-state index is 12.8. The molecular formula is C61H69N3O10S. The van der Waals surface area contributed by atoms with Gasteiger partial charge in [0.2, 0.25) is 0 Å². The van der Waals surface area contributed by atoms with E-state index in [1.807, 2.05) is 96.1 Å². The van der Waals surface area contributed by atoms with Crippen LogP contribution in [0.15, 0.2) is 121 Å². The smallest absolute Gasteiger partial charge is 0.407 e. The topological polar surface area (TPSA) is 152 Å². The molecule has 14 heteroatoms. The lowest BCUT2D eigenvalue weighted by atomic mass is 9.98. The number of hydrogen-bond donors (Lipinski definition) is 3. The van der Waals surface area contributed by atoms with Gasteiger partial charge in [-0.3, -0.25) is 0 Å². The van der Waals surface area contributed by atoms with Gasteiger partial charge in [0, 0.05) is 57.9 Å². The molecule has 3 N–H and O–H groups in total. The zero-order chi connectivity index (χ0) is 53.0. The predicted octanol–water partition coefficient (Wildman–Crippen LogP) is 14.1. The van der Waals surface area contributed by atoms with Crippen LogP contribution in [0.3, 0.4) is 0 Å². The zero-order valence-electron chi connectivity index (χ0n) is 44.1. The molecule has 1 aliphatic carbocycles. The Bertz CT molecular complexity index is 3000. The normalized spacial score (nSPS) is 12.1. The fourth-order valence-electron chi connectivity index (χ4n) is 8.80. The monoisotopic (exact) mass is 1040 g/mol. The molecule has 0 spiro atoms. The largest absolute Gasteiger partial charge is 0.493 e. The predicted molar refractivity (Wildman–Crippen MR) is 298 cm³/mol. The lowest BCUT2D eigenvalue weighted by Crippen LogP contribution is -2.33. The molecule has 3 amide bonds. The van der Waals surface area contributed by atoms with Crippen LogP contribution in [-0.4, -0.2) is 82.2 Å². The van der Waals surface area contributed by atoms with E-state index in [9.17, 15) is 14.4 Å². The first-order chi connectivity index (χ1) is 36.1. The molecule has 0 saturated heterocycles. The van der Waals surface area contributed by atoms with Crippen molar-refractivity contribution < 1.29 is 47.5 Å². The molecule has 75 heavy (non-hydrogen) atoms. The number of alkyl carbamates (subject to hydrolysis) is 3. The van der Waals surface area contributed by atoms with Gasteiger partial charge in [0.1, 0.15) is 40.8 Å². The first-order valence-corrected chi connectivity index (χ1v) is 26.7. The van der Waals surface area contributed by atoms with Crippen LogP contribution < -0.4 is 34.9 Å². The van der Waals surface area contributed by atoms with Crippen molar-refractivity contribution in [2.75, 3.05) is 52.7 Å². The Morgan fingerprint density at radius 3 is 1.29 bits per heavy atom. The Morgan fingerprint density at radius 1 is 0.480 bits per heavy atom. The Balaban J connectivity index is 0.935. The van der Waals surface area contributed by atoms with Crippen LogP contribution in [0.1, 0.15) is 91.2 Å². The highest BCUT2D eigenvalue weighted by molar-refractivity contribution is 7.25. The summed E-state index contributed by atoms with van der Waals surface area (Å²) >= 11 is 1.74. The molecule has 0 aliphatic heterocycles. The second-order valence-corrected chi connectivity index (χ2v) is 21.6. The van der Waals surface area contributed by atoms with Crippen LogP contribution in [0.4, 0.5) is 14.4 Å². The first kappa shape index (κ1) is 53.8. The number of thiophene rings is 1. The lowest BCUT2D eigenvalue weighted by molar-refractivity contribution is 0.0514. The SMILES string of the molecule is CCCOc1cc(OCCCNC(=O)OCC2c3ccccc3-c3ccccc32)cc(-c2ccc3sc4ccc(-c5cc(OCCCNC(=O)OC(C)(C)C)cc(OCCCNC(=O)OC(C)(C)C)c5)cc4c3c2)c1. The minimum absolute atomic E-state index is 0.00184. The summed E-state index contributed by atoms with van der Waals surface area (Å²) in [6.45, 7) is 16.1. The van der Waals surface area contributed by atoms with E-state index in [2.05, 4.69) is 89.6 Å². The van der Waals surface area contributed by atoms with Crippen LogP contribution in [0.2, 0.25) is 0 Å². The lowest BCUT2D eigenvalue weighted by Gasteiger charge is -2.19. The van der Waals surface area contributed by atoms with Crippen LogP contribution in [0.25, 0.3) is 53.6 Å². The zero-order valence-corrected chi connectivity index (χ0v) is 44.9. The molecule has 7 aromatic rings. The molecule has 0 fully saturated rings. The van der Waals surface area contributed by atoms with Gasteiger partial charge in [-0.2, -0.15) is 0 Å². The highest BCUT2D eigenvalue weighted by atomic mass is 32.1. The van der Waals surface area contributed by atoms with Crippen molar-refractivity contribution in [3.05, 3.63) is 132 Å². The van der Waals surface area contributed by atoms with Crippen LogP contribution in [-0.2, 0) is 14.2 Å².